The minimum absolute atomic E-state index is 0.0439. The molecule has 2 aliphatic heterocycles. The quantitative estimate of drug-likeness (QED) is 0.268. The second-order valence-electron chi connectivity index (χ2n) is 10.3. The zero-order chi connectivity index (χ0) is 31.6. The Hall–Kier alpha value is -4.31. The Kier molecular flexibility index (Phi) is 9.49. The number of cyclic esters (lactones) is 2. The van der Waals surface area contributed by atoms with Gasteiger partial charge in [-0.3, -0.25) is 14.4 Å². The molecule has 6 atom stereocenters. The number of hydrogen-bond acceptors (Lipinski definition) is 11. The lowest BCUT2D eigenvalue weighted by atomic mass is 9.91. The first kappa shape index (κ1) is 31.6. The molecule has 4 rings (SSSR count). The highest BCUT2D eigenvalue weighted by Crippen LogP contribution is 2.25. The normalized spacial score (nSPS) is 27.1. The number of hydrogen-bond donors (Lipinski definition) is 4. The fraction of sp³-hybridized carbons (Fsp3) is 0.481. The van der Waals surface area contributed by atoms with E-state index in [0.717, 1.165) is 0 Å². The van der Waals surface area contributed by atoms with Gasteiger partial charge in [0.1, 0.15) is 17.9 Å². The van der Waals surface area contributed by atoms with Crippen molar-refractivity contribution in [1.82, 2.24) is 20.6 Å². The van der Waals surface area contributed by atoms with Crippen LogP contribution in [0.15, 0.2) is 18.3 Å². The molecular weight excluding hydrogens is 581 g/mol. The number of aliphatic hydroxyl groups excluding tert-OH is 1. The molecule has 0 radical (unpaired) electrons. The zero-order valence-electron chi connectivity index (χ0n) is 23.2. The Morgan fingerprint density at radius 2 is 1.81 bits per heavy atom. The van der Waals surface area contributed by atoms with Crippen molar-refractivity contribution < 1.29 is 56.8 Å². The molecule has 2 aromatic rings. The first-order valence-electron chi connectivity index (χ1n) is 13.2. The number of carbonyl (C=O) groups is 4. The molecule has 4 N–H and O–H groups in total. The molecule has 2 aromatic heterocycles. The Labute approximate surface area is 242 Å². The Morgan fingerprint density at radius 1 is 1.12 bits per heavy atom. The number of esters is 2. The van der Waals surface area contributed by atoms with E-state index >= 15 is 0 Å². The minimum atomic E-state index is -1.88. The topological polar surface area (TPSA) is 186 Å². The number of aromatic nitrogens is 2. The number of ether oxygens (including phenoxy) is 3. The maximum Gasteiger partial charge on any atom is 0.348 e. The van der Waals surface area contributed by atoms with E-state index in [1.807, 2.05) is 0 Å². The van der Waals surface area contributed by atoms with Crippen molar-refractivity contribution >= 4 is 23.8 Å². The first-order chi connectivity index (χ1) is 20.3. The van der Waals surface area contributed by atoms with Gasteiger partial charge in [0.2, 0.25) is 17.8 Å². The summed E-state index contributed by atoms with van der Waals surface area (Å²) in [4.78, 5) is 59.8. The summed E-state index contributed by atoms with van der Waals surface area (Å²) in [6.45, 7) is 3.73. The maximum absolute atomic E-state index is 14.8. The van der Waals surface area contributed by atoms with Crippen LogP contribution in [0.25, 0.3) is 0 Å². The van der Waals surface area contributed by atoms with E-state index in [0.29, 0.717) is 0 Å². The summed E-state index contributed by atoms with van der Waals surface area (Å²) < 4.78 is 58.5. The van der Waals surface area contributed by atoms with Crippen LogP contribution < -0.4 is 10.6 Å². The highest BCUT2D eigenvalue weighted by molar-refractivity contribution is 5.98. The third-order valence-electron chi connectivity index (χ3n) is 7.30. The van der Waals surface area contributed by atoms with Crippen LogP contribution in [0, 0.1) is 36.3 Å². The average Bonchev–Trinajstić information content (AvgIpc) is 2.93. The van der Waals surface area contributed by atoms with Gasteiger partial charge in [-0.15, -0.1) is 0 Å². The average molecular weight is 611 g/mol. The molecule has 2 fully saturated rings. The van der Waals surface area contributed by atoms with Crippen LogP contribution in [0.2, 0.25) is 0 Å². The van der Waals surface area contributed by atoms with Crippen molar-refractivity contribution in [2.24, 2.45) is 11.8 Å². The smallest absolute Gasteiger partial charge is 0.348 e. The van der Waals surface area contributed by atoms with Gasteiger partial charge < -0.3 is 35.1 Å². The van der Waals surface area contributed by atoms with Crippen LogP contribution in [0.4, 0.5) is 13.2 Å². The molecule has 0 spiro atoms. The van der Waals surface area contributed by atoms with Gasteiger partial charge in [-0.25, -0.2) is 19.2 Å². The largest absolute Gasteiger partial charge is 0.505 e. The highest BCUT2D eigenvalue weighted by Gasteiger charge is 2.44. The Morgan fingerprint density at radius 3 is 2.44 bits per heavy atom. The van der Waals surface area contributed by atoms with Gasteiger partial charge >= 0.3 is 11.9 Å². The van der Waals surface area contributed by atoms with E-state index in [4.69, 9.17) is 14.2 Å². The van der Waals surface area contributed by atoms with Crippen LogP contribution in [0.5, 0.6) is 5.75 Å². The highest BCUT2D eigenvalue weighted by atomic mass is 19.2. The number of aliphatic hydroxyl groups is 1. The lowest BCUT2D eigenvalue weighted by Crippen LogP contribution is -2.60. The molecule has 0 bridgehead atoms. The molecular formula is C27H29F3N4O9. The SMILES string of the molecule is Cc1nc(F)c(F)c(F)c1CC1NC(=O)C(NC(=O)c2ncccc2O)C(C)OC(=O)C(C2COC2)OC(=O)C(C)C1O. The van der Waals surface area contributed by atoms with E-state index < -0.39 is 107 Å². The summed E-state index contributed by atoms with van der Waals surface area (Å²) in [5.74, 6) is -12.0. The molecule has 2 saturated heterocycles. The first-order valence-corrected chi connectivity index (χ1v) is 13.2. The second-order valence-corrected chi connectivity index (χ2v) is 10.3. The molecule has 0 aromatic carbocycles. The molecule has 0 saturated carbocycles. The maximum atomic E-state index is 14.8. The minimum Gasteiger partial charge on any atom is -0.505 e. The predicted octanol–water partition coefficient (Wildman–Crippen LogP) is 0.234. The molecule has 6 unspecified atom stereocenters. The van der Waals surface area contributed by atoms with E-state index in [-0.39, 0.29) is 18.9 Å². The number of nitrogens with zero attached hydrogens (tertiary/aromatic N) is 2. The predicted molar refractivity (Wildman–Crippen MR) is 137 cm³/mol. The lowest BCUT2D eigenvalue weighted by molar-refractivity contribution is -0.192. The number of nitrogens with one attached hydrogen (secondary N) is 2. The summed E-state index contributed by atoms with van der Waals surface area (Å²) in [6, 6.07) is -0.741. The summed E-state index contributed by atoms with van der Waals surface area (Å²) in [5.41, 5.74) is -1.25. The van der Waals surface area contributed by atoms with E-state index in [9.17, 15) is 42.6 Å². The van der Waals surface area contributed by atoms with Crippen molar-refractivity contribution in [3.8, 4) is 5.75 Å². The van der Waals surface area contributed by atoms with Gasteiger partial charge in [-0.1, -0.05) is 0 Å². The fourth-order valence-electron chi connectivity index (χ4n) is 4.61. The molecule has 4 heterocycles. The van der Waals surface area contributed by atoms with Gasteiger partial charge in [0.25, 0.3) is 11.9 Å². The molecule has 13 nitrogen and oxygen atoms in total. The van der Waals surface area contributed by atoms with Crippen LogP contribution in [0.1, 0.15) is 35.6 Å². The van der Waals surface area contributed by atoms with Crippen molar-refractivity contribution in [2.45, 2.75) is 57.6 Å². The number of halogens is 3. The molecule has 43 heavy (non-hydrogen) atoms. The van der Waals surface area contributed by atoms with E-state index in [2.05, 4.69) is 20.6 Å². The van der Waals surface area contributed by atoms with Gasteiger partial charge in [-0.2, -0.15) is 8.78 Å². The Balaban J connectivity index is 1.73. The molecule has 0 aliphatic carbocycles. The number of rotatable bonds is 5. The summed E-state index contributed by atoms with van der Waals surface area (Å²) in [7, 11) is 0. The van der Waals surface area contributed by atoms with Crippen LogP contribution >= 0.6 is 0 Å². The third-order valence-corrected chi connectivity index (χ3v) is 7.30. The van der Waals surface area contributed by atoms with Gasteiger partial charge in [0, 0.05) is 17.5 Å². The zero-order valence-corrected chi connectivity index (χ0v) is 23.2. The number of aryl methyl sites for hydroxylation is 1. The number of amides is 2. The van der Waals surface area contributed by atoms with Crippen molar-refractivity contribution in [1.29, 1.82) is 0 Å². The number of carbonyl (C=O) groups excluding carboxylic acids is 4. The van der Waals surface area contributed by atoms with Gasteiger partial charge in [0.05, 0.1) is 37.2 Å². The summed E-state index contributed by atoms with van der Waals surface area (Å²) in [6.07, 6.45) is -4.24. The summed E-state index contributed by atoms with van der Waals surface area (Å²) >= 11 is 0. The molecule has 16 heteroatoms. The number of pyridine rings is 2. The molecule has 232 valence electrons. The van der Waals surface area contributed by atoms with Crippen LogP contribution in [0.3, 0.4) is 0 Å². The standard InChI is InChI=1S/C27H29F3N4O9/c1-10-21(36)15(7-14-11(2)32-23(30)18(29)17(14)28)33-24(37)19(34-25(38)20-16(35)5-4-6-31-20)12(3)42-27(40)22(43-26(10)39)13-8-41-9-13/h4-6,10,12-13,15,19,21-22,35-36H,7-9H2,1-3H3,(H,33,37)(H,34,38). The van der Waals surface area contributed by atoms with Crippen LogP contribution in [-0.4, -0.2) is 87.5 Å². The lowest BCUT2D eigenvalue weighted by Gasteiger charge is -2.36. The second kappa shape index (κ2) is 12.9. The molecule has 2 aliphatic rings. The monoisotopic (exact) mass is 610 g/mol. The van der Waals surface area contributed by atoms with Crippen molar-refractivity contribution in [2.75, 3.05) is 13.2 Å². The Bertz CT molecular complexity index is 1420. The molecule has 2 amide bonds. The third kappa shape index (κ3) is 6.69. The van der Waals surface area contributed by atoms with E-state index in [1.54, 1.807) is 0 Å². The fourth-order valence-corrected chi connectivity index (χ4v) is 4.61. The van der Waals surface area contributed by atoms with Crippen molar-refractivity contribution in [3.63, 3.8) is 0 Å². The summed E-state index contributed by atoms with van der Waals surface area (Å²) in [5, 5.41) is 25.9. The van der Waals surface area contributed by atoms with Gasteiger partial charge in [0.15, 0.2) is 11.5 Å². The van der Waals surface area contributed by atoms with Crippen LogP contribution in [-0.2, 0) is 35.0 Å². The van der Waals surface area contributed by atoms with Crippen molar-refractivity contribution in [3.05, 3.63) is 52.9 Å². The van der Waals surface area contributed by atoms with E-state index in [1.165, 1.54) is 39.1 Å². The number of aromatic hydroxyl groups is 1. The van der Waals surface area contributed by atoms with Gasteiger partial charge in [-0.05, 0) is 39.3 Å².